The fourth-order valence-electron chi connectivity index (χ4n) is 10.2. The molecule has 0 spiro atoms. The van der Waals surface area contributed by atoms with Crippen molar-refractivity contribution in [3.63, 3.8) is 0 Å². The van der Waals surface area contributed by atoms with E-state index in [0.717, 1.165) is 39.7 Å². The number of fused-ring (bicyclic) bond motifs is 8. The highest BCUT2D eigenvalue weighted by atomic mass is 32.1. The molecule has 0 unspecified atom stereocenters. The molecular formula is C64H52N2S. The van der Waals surface area contributed by atoms with Crippen molar-refractivity contribution in [1.29, 1.82) is 0 Å². The predicted molar refractivity (Wildman–Crippen MR) is 291 cm³/mol. The molecule has 0 saturated heterocycles. The second-order valence-electron chi connectivity index (χ2n) is 17.8. The zero-order chi connectivity index (χ0) is 45.6. The van der Waals surface area contributed by atoms with Gasteiger partial charge in [-0.15, -0.1) is 11.3 Å². The summed E-state index contributed by atoms with van der Waals surface area (Å²) in [6.07, 6.45) is 0. The van der Waals surface area contributed by atoms with Crippen LogP contribution in [-0.4, -0.2) is 0 Å². The molecule has 0 bridgehead atoms. The molecule has 0 saturated carbocycles. The number of nitrogens with zero attached hydrogens (tertiary/aromatic N) is 2. The van der Waals surface area contributed by atoms with Gasteiger partial charge in [0.05, 0.1) is 0 Å². The van der Waals surface area contributed by atoms with Crippen LogP contribution in [0.15, 0.2) is 224 Å². The maximum absolute atomic E-state index is 2.50. The van der Waals surface area contributed by atoms with Crippen LogP contribution in [0.5, 0.6) is 0 Å². The Labute approximate surface area is 398 Å². The lowest BCUT2D eigenvalue weighted by atomic mass is 9.80. The van der Waals surface area contributed by atoms with Crippen LogP contribution in [0.4, 0.5) is 34.1 Å². The minimum Gasteiger partial charge on any atom is -0.310 e. The molecule has 0 atom stereocenters. The summed E-state index contributed by atoms with van der Waals surface area (Å²) in [6, 6.07) is 83.0. The molecule has 0 radical (unpaired) electrons. The summed E-state index contributed by atoms with van der Waals surface area (Å²) in [4.78, 5) is 4.87. The molecule has 0 aliphatic heterocycles. The molecule has 2 nitrogen and oxygen atoms in total. The van der Waals surface area contributed by atoms with Crippen molar-refractivity contribution in [3.8, 4) is 33.4 Å². The minimum atomic E-state index is -0.172. The lowest BCUT2D eigenvalue weighted by Crippen LogP contribution is -2.15. The average molecular weight is 881 g/mol. The van der Waals surface area contributed by atoms with Gasteiger partial charge in [-0.3, -0.25) is 0 Å². The van der Waals surface area contributed by atoms with Crippen LogP contribution in [0.1, 0.15) is 44.4 Å². The maximum Gasteiger partial charge on any atom is 0.0488 e. The first kappa shape index (κ1) is 41.9. The van der Waals surface area contributed by atoms with Crippen LogP contribution < -0.4 is 9.80 Å². The van der Waals surface area contributed by atoms with Crippen LogP contribution >= 0.6 is 11.3 Å². The highest BCUT2D eigenvalue weighted by Crippen LogP contribution is 2.54. The maximum atomic E-state index is 2.50. The first-order chi connectivity index (χ1) is 32.9. The van der Waals surface area contributed by atoms with E-state index in [4.69, 9.17) is 0 Å². The van der Waals surface area contributed by atoms with Crippen molar-refractivity contribution in [2.45, 2.75) is 40.0 Å². The topological polar surface area (TPSA) is 6.48 Å². The smallest absolute Gasteiger partial charge is 0.0488 e. The van der Waals surface area contributed by atoms with Crippen LogP contribution in [0, 0.1) is 6.92 Å². The van der Waals surface area contributed by atoms with Gasteiger partial charge in [-0.25, -0.2) is 0 Å². The predicted octanol–water partition coefficient (Wildman–Crippen LogP) is 19.1. The first-order valence-electron chi connectivity index (χ1n) is 23.5. The number of hydrogen-bond acceptors (Lipinski definition) is 3. The van der Waals surface area contributed by atoms with E-state index >= 15 is 0 Å². The van der Waals surface area contributed by atoms with Gasteiger partial charge in [-0.05, 0) is 147 Å². The van der Waals surface area contributed by atoms with Crippen molar-refractivity contribution in [1.82, 2.24) is 0 Å². The van der Waals surface area contributed by atoms with Gasteiger partial charge in [-0.2, -0.15) is 0 Å². The lowest BCUT2D eigenvalue weighted by molar-refractivity contribution is 0.661. The molecule has 0 N–H and O–H groups in total. The molecule has 1 aromatic heterocycles. The number of anilines is 6. The van der Waals surface area contributed by atoms with E-state index in [0.29, 0.717) is 0 Å². The van der Waals surface area contributed by atoms with Crippen LogP contribution in [0.3, 0.4) is 0 Å². The quantitative estimate of drug-likeness (QED) is 0.150. The van der Waals surface area contributed by atoms with Crippen LogP contribution in [0.25, 0.3) is 64.3 Å². The second-order valence-corrected chi connectivity index (χ2v) is 18.9. The summed E-state index contributed by atoms with van der Waals surface area (Å²) >= 11 is 1.86. The SMILES string of the molecule is CC.Cc1ccc(N(c2cc(-c3cc4c(c5ccccc35)-c3ccccc3C4(C)C)cc(N(c3ccccc3)c3ccc(-c4ccccc4)cc3)c2)c2ccc3sc4ccccc4c3c2)cc1. The van der Waals surface area contributed by atoms with Gasteiger partial charge in [0.2, 0.25) is 0 Å². The van der Waals surface area contributed by atoms with Gasteiger partial charge < -0.3 is 9.80 Å². The van der Waals surface area contributed by atoms with Crippen LogP contribution in [-0.2, 0) is 5.41 Å². The molecule has 1 aliphatic rings. The number of aryl methyl sites for hydroxylation is 1. The molecule has 3 heteroatoms. The zero-order valence-electron chi connectivity index (χ0n) is 38.7. The Morgan fingerprint density at radius 2 is 0.866 bits per heavy atom. The van der Waals surface area contributed by atoms with E-state index in [1.807, 2.05) is 25.2 Å². The monoisotopic (exact) mass is 880 g/mol. The summed E-state index contributed by atoms with van der Waals surface area (Å²) in [5.41, 5.74) is 17.8. The van der Waals surface area contributed by atoms with Crippen molar-refractivity contribution in [3.05, 3.63) is 241 Å². The lowest BCUT2D eigenvalue weighted by Gasteiger charge is -2.31. The molecule has 324 valence electrons. The molecule has 67 heavy (non-hydrogen) atoms. The summed E-state index contributed by atoms with van der Waals surface area (Å²) in [5.74, 6) is 0. The third kappa shape index (κ3) is 7.37. The fraction of sp³-hybridized carbons (Fsp3) is 0.0938. The Morgan fingerprint density at radius 3 is 1.58 bits per heavy atom. The Kier molecular flexibility index (Phi) is 10.8. The molecule has 11 aromatic rings. The highest BCUT2D eigenvalue weighted by Gasteiger charge is 2.37. The summed E-state index contributed by atoms with van der Waals surface area (Å²) in [6.45, 7) is 10.9. The van der Waals surface area contributed by atoms with E-state index in [1.54, 1.807) is 0 Å². The van der Waals surface area contributed by atoms with Gasteiger partial charge >= 0.3 is 0 Å². The van der Waals surface area contributed by atoms with Gasteiger partial charge in [-0.1, -0.05) is 173 Å². The molecule has 0 fully saturated rings. The number of para-hydroxylation sites is 1. The summed E-state index contributed by atoms with van der Waals surface area (Å²) in [7, 11) is 0. The van der Waals surface area contributed by atoms with E-state index < -0.39 is 0 Å². The van der Waals surface area contributed by atoms with Crippen molar-refractivity contribution in [2.75, 3.05) is 9.80 Å². The van der Waals surface area contributed by atoms with Crippen molar-refractivity contribution >= 4 is 76.4 Å². The Balaban J connectivity index is 0.00000244. The Hall–Kier alpha value is -7.72. The van der Waals surface area contributed by atoms with Gasteiger partial charge in [0.15, 0.2) is 0 Å². The number of thiophene rings is 1. The number of benzene rings is 10. The van der Waals surface area contributed by atoms with Crippen LogP contribution in [0.2, 0.25) is 0 Å². The highest BCUT2D eigenvalue weighted by molar-refractivity contribution is 7.25. The second kappa shape index (κ2) is 17.3. The molecule has 1 aliphatic carbocycles. The van der Waals surface area contributed by atoms with E-state index in [2.05, 4.69) is 255 Å². The Bertz CT molecular complexity index is 3570. The third-order valence-corrected chi connectivity index (χ3v) is 14.6. The average Bonchev–Trinajstić information content (AvgIpc) is 3.87. The van der Waals surface area contributed by atoms with Gasteiger partial charge in [0.25, 0.3) is 0 Å². The number of hydrogen-bond donors (Lipinski definition) is 0. The summed E-state index contributed by atoms with van der Waals surface area (Å²) in [5, 5.41) is 5.09. The Morgan fingerprint density at radius 1 is 0.343 bits per heavy atom. The van der Waals surface area contributed by atoms with Gasteiger partial charge in [0, 0.05) is 59.7 Å². The third-order valence-electron chi connectivity index (χ3n) is 13.5. The minimum absolute atomic E-state index is 0.172. The molecule has 10 aromatic carbocycles. The van der Waals surface area contributed by atoms with Crippen molar-refractivity contribution in [2.24, 2.45) is 0 Å². The number of rotatable bonds is 8. The molecule has 12 rings (SSSR count). The molecular weight excluding hydrogens is 829 g/mol. The molecule has 1 heterocycles. The van der Waals surface area contributed by atoms with Gasteiger partial charge in [0.1, 0.15) is 0 Å². The fourth-order valence-corrected chi connectivity index (χ4v) is 11.3. The van der Waals surface area contributed by atoms with E-state index in [9.17, 15) is 0 Å². The van der Waals surface area contributed by atoms with E-state index in [1.165, 1.54) is 75.5 Å². The van der Waals surface area contributed by atoms with Crippen molar-refractivity contribution < 1.29 is 0 Å². The summed E-state index contributed by atoms with van der Waals surface area (Å²) < 4.78 is 2.59. The normalized spacial score (nSPS) is 12.4. The molecule has 0 amide bonds. The largest absolute Gasteiger partial charge is 0.310 e. The van der Waals surface area contributed by atoms with E-state index in [-0.39, 0.29) is 5.41 Å². The first-order valence-corrected chi connectivity index (χ1v) is 24.3. The zero-order valence-corrected chi connectivity index (χ0v) is 39.5. The standard InChI is InChI=1S/C62H46N2S.C2H6/c1-41-26-30-46(31-27-41)64(48-34-35-60-56(39-48)52-21-13-15-25-59(52)65-60)50-37-44(55-40-58-61(53-22-11-10-20-51(53)55)54-23-12-14-24-57(54)62(58,2)3)36-49(38-50)63(45-18-8-5-9-19-45)47-32-28-43(29-33-47)42-16-6-4-7-17-42;1-2/h4-40H,1-3H3;1-2H3.